The highest BCUT2D eigenvalue weighted by atomic mass is 79.9. The van der Waals surface area contributed by atoms with E-state index in [0.717, 1.165) is 38.8 Å². The molecule has 0 radical (unpaired) electrons. The van der Waals surface area contributed by atoms with Gasteiger partial charge in [-0.3, -0.25) is 4.98 Å². The lowest BCUT2D eigenvalue weighted by Gasteiger charge is -2.18. The Morgan fingerprint density at radius 1 is 1.29 bits per heavy atom. The number of nitrogens with zero attached hydrogens (tertiary/aromatic N) is 1. The molecule has 2 aromatic rings. The van der Waals surface area contributed by atoms with Gasteiger partial charge in [-0.25, -0.2) is 0 Å². The Hall–Kier alpha value is -0.870. The van der Waals surface area contributed by atoms with Gasteiger partial charge >= 0.3 is 0 Å². The Morgan fingerprint density at radius 2 is 2.05 bits per heavy atom. The molecular weight excluding hydrogens is 394 g/mol. The fourth-order valence-corrected chi connectivity index (χ4v) is 3.55. The smallest absolute Gasteiger partial charge is 0.128 e. The molecule has 0 N–H and O–H groups in total. The largest absolute Gasteiger partial charge is 0.496 e. The summed E-state index contributed by atoms with van der Waals surface area (Å²) >= 11 is 7.18. The Morgan fingerprint density at radius 3 is 2.67 bits per heavy atom. The number of pyridine rings is 1. The molecule has 0 amide bonds. The summed E-state index contributed by atoms with van der Waals surface area (Å²) in [5.74, 6) is 1.34. The minimum atomic E-state index is 0.390. The minimum Gasteiger partial charge on any atom is -0.496 e. The van der Waals surface area contributed by atoms with E-state index in [0.29, 0.717) is 5.92 Å². The van der Waals surface area contributed by atoms with Crippen LogP contribution in [0.4, 0.5) is 0 Å². The molecule has 1 unspecified atom stereocenters. The van der Waals surface area contributed by atoms with Gasteiger partial charge in [0, 0.05) is 32.8 Å². The van der Waals surface area contributed by atoms with Gasteiger partial charge in [0.15, 0.2) is 0 Å². The molecule has 1 aromatic carbocycles. The molecule has 21 heavy (non-hydrogen) atoms. The van der Waals surface area contributed by atoms with Crippen LogP contribution in [0.15, 0.2) is 34.9 Å². The molecule has 0 saturated carbocycles. The van der Waals surface area contributed by atoms with Crippen LogP contribution in [0.25, 0.3) is 0 Å². The maximum Gasteiger partial charge on any atom is 0.128 e. The standard InChI is InChI=1S/C17H19Br2NO/c1-11-10-20-16(12(2)17(11)21-3)8-14(9-18)13-5-4-6-15(19)7-13/h4-7,10,14H,8-9H2,1-3H3. The van der Waals surface area contributed by atoms with Crippen molar-refractivity contribution in [1.29, 1.82) is 0 Å². The van der Waals surface area contributed by atoms with E-state index < -0.39 is 0 Å². The number of hydrogen-bond donors (Lipinski definition) is 0. The second-order valence-corrected chi connectivity index (χ2v) is 6.72. The summed E-state index contributed by atoms with van der Waals surface area (Å²) in [5.41, 5.74) is 4.62. The third kappa shape index (κ3) is 3.86. The summed E-state index contributed by atoms with van der Waals surface area (Å²) in [6, 6.07) is 8.46. The van der Waals surface area contributed by atoms with Gasteiger partial charge < -0.3 is 4.74 Å². The Balaban J connectivity index is 2.31. The van der Waals surface area contributed by atoms with Crippen molar-refractivity contribution in [3.8, 4) is 5.75 Å². The van der Waals surface area contributed by atoms with E-state index in [1.54, 1.807) is 7.11 Å². The number of rotatable bonds is 5. The summed E-state index contributed by atoms with van der Waals surface area (Å²) in [7, 11) is 1.72. The van der Waals surface area contributed by atoms with Crippen molar-refractivity contribution in [3.05, 3.63) is 57.3 Å². The number of methoxy groups -OCH3 is 1. The zero-order valence-corrected chi connectivity index (χ0v) is 15.7. The highest BCUT2D eigenvalue weighted by Gasteiger charge is 2.16. The molecule has 0 aliphatic rings. The number of benzene rings is 1. The lowest BCUT2D eigenvalue weighted by molar-refractivity contribution is 0.406. The van der Waals surface area contributed by atoms with Gasteiger partial charge in [-0.2, -0.15) is 0 Å². The van der Waals surface area contributed by atoms with Crippen LogP contribution in [-0.4, -0.2) is 17.4 Å². The molecule has 0 fully saturated rings. The number of hydrogen-bond acceptors (Lipinski definition) is 2. The van der Waals surface area contributed by atoms with E-state index >= 15 is 0 Å². The van der Waals surface area contributed by atoms with E-state index in [4.69, 9.17) is 4.74 Å². The average molecular weight is 413 g/mol. The molecule has 0 aliphatic carbocycles. The fraction of sp³-hybridized carbons (Fsp3) is 0.353. The van der Waals surface area contributed by atoms with Gasteiger partial charge in [-0.05, 0) is 43.9 Å². The highest BCUT2D eigenvalue weighted by Crippen LogP contribution is 2.30. The van der Waals surface area contributed by atoms with Gasteiger partial charge in [0.25, 0.3) is 0 Å². The second-order valence-electron chi connectivity index (χ2n) is 5.16. The van der Waals surface area contributed by atoms with Crippen molar-refractivity contribution in [1.82, 2.24) is 4.98 Å². The Bertz CT molecular complexity index is 628. The van der Waals surface area contributed by atoms with Crippen LogP contribution in [-0.2, 0) is 6.42 Å². The van der Waals surface area contributed by atoms with Crippen molar-refractivity contribution in [2.24, 2.45) is 0 Å². The van der Waals surface area contributed by atoms with Crippen LogP contribution in [0.5, 0.6) is 5.75 Å². The van der Waals surface area contributed by atoms with Crippen LogP contribution >= 0.6 is 31.9 Å². The first-order valence-corrected chi connectivity index (χ1v) is 8.78. The van der Waals surface area contributed by atoms with Crippen molar-refractivity contribution in [3.63, 3.8) is 0 Å². The normalized spacial score (nSPS) is 12.2. The predicted octanol–water partition coefficient (Wildman–Crippen LogP) is 5.19. The van der Waals surface area contributed by atoms with Crippen molar-refractivity contribution < 1.29 is 4.74 Å². The van der Waals surface area contributed by atoms with Crippen LogP contribution < -0.4 is 4.74 Å². The molecule has 2 rings (SSSR count). The first-order valence-electron chi connectivity index (χ1n) is 6.87. The van der Waals surface area contributed by atoms with E-state index in [1.807, 2.05) is 19.2 Å². The molecule has 4 heteroatoms. The molecular formula is C17H19Br2NO. The number of aryl methyl sites for hydroxylation is 1. The molecule has 2 nitrogen and oxygen atoms in total. The van der Waals surface area contributed by atoms with Gasteiger partial charge in [-0.1, -0.05) is 44.0 Å². The third-order valence-corrected chi connectivity index (χ3v) is 4.97. The summed E-state index contributed by atoms with van der Waals surface area (Å²) in [5, 5.41) is 0.904. The first kappa shape index (κ1) is 16.5. The van der Waals surface area contributed by atoms with E-state index in [2.05, 4.69) is 62.0 Å². The van der Waals surface area contributed by atoms with Gasteiger partial charge in [0.1, 0.15) is 5.75 Å². The number of halogens is 2. The summed E-state index contributed by atoms with van der Waals surface area (Å²) < 4.78 is 6.61. The molecule has 0 aliphatic heterocycles. The molecule has 112 valence electrons. The molecule has 1 atom stereocenters. The topological polar surface area (TPSA) is 22.1 Å². The lowest BCUT2D eigenvalue weighted by atomic mass is 9.94. The third-order valence-electron chi connectivity index (χ3n) is 3.70. The summed E-state index contributed by atoms with van der Waals surface area (Å²) in [6.45, 7) is 4.11. The van der Waals surface area contributed by atoms with E-state index in [1.165, 1.54) is 5.56 Å². The Labute approximate surface area is 143 Å². The number of alkyl halides is 1. The lowest BCUT2D eigenvalue weighted by Crippen LogP contribution is -2.08. The highest BCUT2D eigenvalue weighted by molar-refractivity contribution is 9.10. The zero-order chi connectivity index (χ0) is 15.4. The first-order chi connectivity index (χ1) is 10.1. The molecule has 0 spiro atoms. The van der Waals surface area contributed by atoms with Crippen LogP contribution in [0.2, 0.25) is 0 Å². The monoisotopic (exact) mass is 411 g/mol. The maximum absolute atomic E-state index is 5.50. The zero-order valence-electron chi connectivity index (χ0n) is 12.5. The van der Waals surface area contributed by atoms with E-state index in [-0.39, 0.29) is 0 Å². The SMILES string of the molecule is COc1c(C)cnc(CC(CBr)c2cccc(Br)c2)c1C. The van der Waals surface area contributed by atoms with Gasteiger partial charge in [0.05, 0.1) is 7.11 Å². The number of aromatic nitrogens is 1. The van der Waals surface area contributed by atoms with Crippen LogP contribution in [0, 0.1) is 13.8 Å². The Kier molecular flexibility index (Phi) is 5.82. The predicted molar refractivity (Wildman–Crippen MR) is 94.6 cm³/mol. The molecule has 1 aromatic heterocycles. The van der Waals surface area contributed by atoms with Crippen molar-refractivity contribution in [2.45, 2.75) is 26.2 Å². The van der Waals surface area contributed by atoms with Crippen molar-refractivity contribution in [2.75, 3.05) is 12.4 Å². The average Bonchev–Trinajstić information content (AvgIpc) is 2.47. The fourth-order valence-electron chi connectivity index (χ4n) is 2.53. The molecule has 0 bridgehead atoms. The maximum atomic E-state index is 5.50. The van der Waals surface area contributed by atoms with Gasteiger partial charge in [-0.15, -0.1) is 0 Å². The van der Waals surface area contributed by atoms with Crippen LogP contribution in [0.1, 0.15) is 28.3 Å². The number of ether oxygens (including phenoxy) is 1. The second kappa shape index (κ2) is 7.41. The molecule has 1 heterocycles. The van der Waals surface area contributed by atoms with E-state index in [9.17, 15) is 0 Å². The molecule has 0 saturated heterocycles. The quantitative estimate of drug-likeness (QED) is 0.630. The van der Waals surface area contributed by atoms with Crippen molar-refractivity contribution >= 4 is 31.9 Å². The van der Waals surface area contributed by atoms with Gasteiger partial charge in [0.2, 0.25) is 0 Å². The minimum absolute atomic E-state index is 0.390. The van der Waals surface area contributed by atoms with Crippen LogP contribution in [0.3, 0.4) is 0 Å². The summed E-state index contributed by atoms with van der Waals surface area (Å²) in [4.78, 5) is 4.61. The summed E-state index contributed by atoms with van der Waals surface area (Å²) in [6.07, 6.45) is 2.79.